The second-order valence-electron chi connectivity index (χ2n) is 6.45. The van der Waals surface area contributed by atoms with Gasteiger partial charge in [-0.05, 0) is 12.5 Å². The van der Waals surface area contributed by atoms with Crippen LogP contribution in [0.5, 0.6) is 0 Å². The Kier molecular flexibility index (Phi) is 8.54. The van der Waals surface area contributed by atoms with E-state index in [9.17, 15) is 37.0 Å². The smallest absolute Gasteiger partial charge is 0.352 e. The summed E-state index contributed by atoms with van der Waals surface area (Å²) in [5, 5.41) is -1.82. The van der Waals surface area contributed by atoms with Gasteiger partial charge in [-0.2, -0.15) is 8.78 Å². The maximum Gasteiger partial charge on any atom is 0.444 e. The van der Waals surface area contributed by atoms with Gasteiger partial charge in [-0.15, -0.1) is 0 Å². The van der Waals surface area contributed by atoms with Gasteiger partial charge in [0.1, 0.15) is 6.23 Å². The summed E-state index contributed by atoms with van der Waals surface area (Å²) in [6.07, 6.45) is -1.16. The van der Waals surface area contributed by atoms with Gasteiger partial charge in [-0.3, -0.25) is 27.8 Å². The second-order valence-corrected chi connectivity index (χ2v) is 11.7. The highest BCUT2D eigenvalue weighted by Crippen LogP contribution is 2.78. The molecular weight excluding hydrogens is 532 g/mol. The van der Waals surface area contributed by atoms with Crippen molar-refractivity contribution in [3.8, 4) is 0 Å². The monoisotopic (exact) mass is 552 g/mol. The maximum absolute atomic E-state index is 14.0. The van der Waals surface area contributed by atoms with Crippen LogP contribution in [0.3, 0.4) is 0 Å². The molecule has 1 aliphatic rings. The third-order valence-corrected chi connectivity index (χ3v) is 9.46. The lowest BCUT2D eigenvalue weighted by atomic mass is 10.1. The zero-order chi connectivity index (χ0) is 26.1. The van der Waals surface area contributed by atoms with Gasteiger partial charge in [0, 0.05) is 30.2 Å². The predicted octanol–water partition coefficient (Wildman–Crippen LogP) is 0.886. The number of nitrogens with zero attached hydrogens (tertiary/aromatic N) is 4. The molecule has 0 aliphatic carbocycles. The van der Waals surface area contributed by atoms with Crippen molar-refractivity contribution in [3.05, 3.63) is 43.0 Å². The van der Waals surface area contributed by atoms with Crippen LogP contribution in [0.4, 0.5) is 8.78 Å². The summed E-state index contributed by atoms with van der Waals surface area (Å²) in [6.45, 7) is 0.691. The van der Waals surface area contributed by atoms with Crippen molar-refractivity contribution in [3.63, 3.8) is 0 Å². The van der Waals surface area contributed by atoms with Crippen molar-refractivity contribution in [1.82, 2.24) is 9.55 Å². The number of H-pyrrole nitrogens is 1. The number of ether oxygens (including phenoxy) is 1. The van der Waals surface area contributed by atoms with Crippen LogP contribution in [0.15, 0.2) is 20.9 Å². The summed E-state index contributed by atoms with van der Waals surface area (Å²) in [5.41, 5.74) is 7.48. The predicted molar refractivity (Wildman–Crippen MR) is 114 cm³/mol. The number of aromatic amines is 1. The molecule has 0 amide bonds. The zero-order valence-corrected chi connectivity index (χ0v) is 19.4. The van der Waals surface area contributed by atoms with Gasteiger partial charge >= 0.3 is 26.3 Å². The Balaban J connectivity index is 2.20. The third-order valence-electron chi connectivity index (χ3n) is 4.31. The van der Waals surface area contributed by atoms with E-state index >= 15 is 0 Å². The SMILES string of the molecule is [BH3-]P(=O)(OC[C@H]1O[C@@H](n2cc(C)c(=O)[nH]c2=O)C[C@H]1N=[N+]=[N-])OP(=O)(O)C(F)(F)P(=O)(O)OC. The molecule has 1 aromatic rings. The number of hydrogen-bond acceptors (Lipinski definition) is 10. The van der Waals surface area contributed by atoms with E-state index in [2.05, 4.69) is 23.8 Å². The van der Waals surface area contributed by atoms with Crippen LogP contribution in [0, 0.1) is 6.92 Å². The highest BCUT2D eigenvalue weighted by atomic mass is 31.3. The molecule has 1 aromatic heterocycles. The van der Waals surface area contributed by atoms with Crippen LogP contribution < -0.4 is 11.2 Å². The van der Waals surface area contributed by atoms with Crippen LogP contribution in [0.2, 0.25) is 0 Å². The normalized spacial score (nSPS) is 26.1. The lowest BCUT2D eigenvalue weighted by Crippen LogP contribution is -2.33. The van der Waals surface area contributed by atoms with E-state index in [-0.39, 0.29) is 12.0 Å². The number of nitrogens with one attached hydrogen (secondary N) is 1. The van der Waals surface area contributed by atoms with E-state index in [0.717, 1.165) is 4.57 Å². The Bertz CT molecular complexity index is 1250. The number of aryl methyl sites for hydroxylation is 1. The molecule has 0 radical (unpaired) electrons. The highest BCUT2D eigenvalue weighted by Gasteiger charge is 2.67. The van der Waals surface area contributed by atoms with Crippen LogP contribution >= 0.6 is 22.7 Å². The molecule has 3 N–H and O–H groups in total. The molecule has 1 saturated heterocycles. The number of hydrogen-bond donors (Lipinski definition) is 3. The molecular formula is C12H20BF2N5O11P3-. The standard InChI is InChI=1S/C12H20BF2N5O11P3/c1-6-4-20(11(22)17-10(6)21)9-3-7(18-19-16)8(30-9)5-29-34(13,27)31-33(25,26)12(14,15)32(23,24)28-2/h4,7-9H,3,5H2,1-2,13H3,(H,23,24)(H,25,26)(H,17,21,22)/q-1/t7-,8-,9-,34?/m1/s1. The molecule has 192 valence electrons. The molecule has 2 heterocycles. The van der Waals surface area contributed by atoms with Crippen LogP contribution in [0.1, 0.15) is 18.2 Å². The Morgan fingerprint density at radius 1 is 1.38 bits per heavy atom. The van der Waals surface area contributed by atoms with Gasteiger partial charge in [-0.25, -0.2) is 4.79 Å². The maximum atomic E-state index is 14.0. The molecule has 22 heteroatoms. The molecule has 0 spiro atoms. The van der Waals surface area contributed by atoms with Gasteiger partial charge in [0.2, 0.25) is 0 Å². The number of azide groups is 1. The minimum absolute atomic E-state index is 0.0942. The first kappa shape index (κ1) is 28.6. The van der Waals surface area contributed by atoms with Crippen molar-refractivity contribution in [2.75, 3.05) is 13.7 Å². The summed E-state index contributed by atoms with van der Waals surface area (Å²) in [7, 11) is -18.2. The highest BCUT2D eigenvalue weighted by molar-refractivity contribution is 7.86. The molecule has 0 saturated carbocycles. The average Bonchev–Trinajstić information content (AvgIpc) is 3.11. The summed E-state index contributed by atoms with van der Waals surface area (Å²) in [4.78, 5) is 47.0. The number of alkyl halides is 2. The largest absolute Gasteiger partial charge is 0.444 e. The quantitative estimate of drug-likeness (QED) is 0.121. The van der Waals surface area contributed by atoms with Crippen molar-refractivity contribution in [1.29, 1.82) is 0 Å². The van der Waals surface area contributed by atoms with Gasteiger partial charge in [-0.1, -0.05) is 5.11 Å². The van der Waals surface area contributed by atoms with Gasteiger partial charge in [0.25, 0.3) is 5.56 Å². The molecule has 16 nitrogen and oxygen atoms in total. The van der Waals surface area contributed by atoms with Crippen molar-refractivity contribution in [2.24, 2.45) is 5.11 Å². The van der Waals surface area contributed by atoms with Crippen LogP contribution in [-0.2, 0) is 31.8 Å². The summed E-state index contributed by atoms with van der Waals surface area (Å²) in [6, 6.07) is -1.01. The molecule has 1 aliphatic heterocycles. The fourth-order valence-corrected chi connectivity index (χ4v) is 6.23. The Hall–Kier alpha value is -1.64. The van der Waals surface area contributed by atoms with E-state index in [4.69, 9.17) is 19.7 Å². The molecule has 6 atom stereocenters. The fourth-order valence-electron chi connectivity index (χ4n) is 2.59. The average molecular weight is 552 g/mol. The van der Waals surface area contributed by atoms with E-state index in [1.54, 1.807) is 0 Å². The Labute approximate surface area is 189 Å². The first-order valence-corrected chi connectivity index (χ1v) is 12.8. The minimum atomic E-state index is -6.32. The van der Waals surface area contributed by atoms with E-state index in [1.807, 2.05) is 0 Å². The number of aromatic nitrogens is 2. The third kappa shape index (κ3) is 5.95. The van der Waals surface area contributed by atoms with Gasteiger partial charge < -0.3 is 28.1 Å². The molecule has 34 heavy (non-hydrogen) atoms. The van der Waals surface area contributed by atoms with E-state index < -0.39 is 71.9 Å². The first-order chi connectivity index (χ1) is 15.5. The van der Waals surface area contributed by atoms with E-state index in [1.165, 1.54) is 13.1 Å². The first-order valence-electron chi connectivity index (χ1n) is 8.57. The second kappa shape index (κ2) is 10.2. The van der Waals surface area contributed by atoms with Gasteiger partial charge in [0.05, 0.1) is 26.3 Å². The molecule has 1 fully saturated rings. The lowest BCUT2D eigenvalue weighted by molar-refractivity contribution is -0.0232. The molecule has 2 rings (SSSR count). The fraction of sp³-hybridized carbons (Fsp3) is 0.667. The minimum Gasteiger partial charge on any atom is -0.352 e. The summed E-state index contributed by atoms with van der Waals surface area (Å²) >= 11 is 0. The zero-order valence-electron chi connectivity index (χ0n) is 16.7. The van der Waals surface area contributed by atoms with Crippen LogP contribution in [0.25, 0.3) is 10.4 Å². The Morgan fingerprint density at radius 2 is 2.00 bits per heavy atom. The molecule has 0 aromatic carbocycles. The van der Waals surface area contributed by atoms with Crippen molar-refractivity contribution < 1.29 is 50.4 Å². The number of rotatable bonds is 10. The van der Waals surface area contributed by atoms with Crippen molar-refractivity contribution >= 4 is 30.2 Å². The van der Waals surface area contributed by atoms with Crippen molar-refractivity contribution in [2.45, 2.75) is 37.1 Å². The summed E-state index contributed by atoms with van der Waals surface area (Å²) in [5.74, 6) is 0. The molecule has 0 bridgehead atoms. The molecule has 3 unspecified atom stereocenters. The lowest BCUT2D eigenvalue weighted by Gasteiger charge is -2.29. The Morgan fingerprint density at radius 3 is 2.56 bits per heavy atom. The summed E-state index contributed by atoms with van der Waals surface area (Å²) < 4.78 is 83.2. The topological polar surface area (TPSA) is 232 Å². The van der Waals surface area contributed by atoms with Crippen LogP contribution in [-0.4, -0.2) is 58.2 Å². The number of halogens is 2. The van der Waals surface area contributed by atoms with Gasteiger partial charge in [0.15, 0.2) is 7.47 Å². The van der Waals surface area contributed by atoms with E-state index in [0.29, 0.717) is 7.11 Å².